The number of rotatable bonds is 9. The number of thiazole rings is 1. The Bertz CT molecular complexity index is 1530. The Morgan fingerprint density at radius 3 is 2.58 bits per heavy atom. The Morgan fingerprint density at radius 2 is 1.79 bits per heavy atom. The average Bonchev–Trinajstić information content (AvgIpc) is 3.65. The van der Waals surface area contributed by atoms with Crippen LogP contribution in [0.3, 0.4) is 0 Å². The van der Waals surface area contributed by atoms with Gasteiger partial charge in [0.25, 0.3) is 5.91 Å². The number of furan rings is 1. The molecule has 5 rings (SSSR count). The van der Waals surface area contributed by atoms with Gasteiger partial charge < -0.3 is 19.8 Å². The van der Waals surface area contributed by atoms with Crippen LogP contribution in [0.4, 0.5) is 10.8 Å². The molecule has 2 N–H and O–H groups in total. The molecule has 0 aliphatic heterocycles. The van der Waals surface area contributed by atoms with E-state index in [1.807, 2.05) is 78.2 Å². The molecule has 9 heteroatoms. The zero-order valence-electron chi connectivity index (χ0n) is 20.3. The highest BCUT2D eigenvalue weighted by atomic mass is 32.2. The Labute approximate surface area is 227 Å². The molecule has 0 radical (unpaired) electrons. The van der Waals surface area contributed by atoms with Gasteiger partial charge in [-0.05, 0) is 48.0 Å². The zero-order chi connectivity index (χ0) is 26.3. The number of hydrogen-bond acceptors (Lipinski definition) is 7. The number of hydrogen-bond donors (Lipinski definition) is 2. The van der Waals surface area contributed by atoms with Crippen LogP contribution in [-0.4, -0.2) is 23.9 Å². The van der Waals surface area contributed by atoms with Gasteiger partial charge in [-0.25, -0.2) is 4.98 Å². The average molecular weight is 542 g/mol. The predicted octanol–water partition coefficient (Wildman–Crippen LogP) is 7.14. The van der Waals surface area contributed by atoms with Gasteiger partial charge in [-0.15, -0.1) is 23.1 Å². The van der Waals surface area contributed by atoms with Crippen LogP contribution in [0, 0.1) is 0 Å². The highest BCUT2D eigenvalue weighted by Crippen LogP contribution is 2.38. The molecule has 1 unspecified atom stereocenters. The summed E-state index contributed by atoms with van der Waals surface area (Å²) < 4.78 is 10.5. The van der Waals surface area contributed by atoms with E-state index in [-0.39, 0.29) is 17.6 Å². The summed E-state index contributed by atoms with van der Waals surface area (Å²) in [6.07, 6.45) is 1.45. The zero-order valence-corrected chi connectivity index (χ0v) is 21.9. The molecule has 5 aromatic rings. The molecule has 190 valence electrons. The summed E-state index contributed by atoms with van der Waals surface area (Å²) in [5, 5.41) is 7.67. The van der Waals surface area contributed by atoms with Gasteiger partial charge >= 0.3 is 0 Å². The molecule has 0 saturated heterocycles. The van der Waals surface area contributed by atoms with Gasteiger partial charge in [0.2, 0.25) is 5.91 Å². The van der Waals surface area contributed by atoms with Crippen LogP contribution in [0.25, 0.3) is 11.3 Å². The monoisotopic (exact) mass is 541 g/mol. The number of anilines is 2. The van der Waals surface area contributed by atoms with E-state index in [2.05, 4.69) is 15.6 Å². The first-order chi connectivity index (χ1) is 18.6. The van der Waals surface area contributed by atoms with Crippen LogP contribution < -0.4 is 15.4 Å². The molecule has 0 saturated carbocycles. The molecule has 0 fully saturated rings. The largest absolute Gasteiger partial charge is 0.497 e. The number of ether oxygens (including phenoxy) is 1. The van der Waals surface area contributed by atoms with Crippen LogP contribution >= 0.6 is 23.1 Å². The van der Waals surface area contributed by atoms with Crippen molar-refractivity contribution in [3.8, 4) is 17.0 Å². The Morgan fingerprint density at radius 1 is 0.947 bits per heavy atom. The van der Waals surface area contributed by atoms with Crippen molar-refractivity contribution in [3.05, 3.63) is 114 Å². The molecule has 0 aliphatic carbocycles. The lowest BCUT2D eigenvalue weighted by molar-refractivity contribution is -0.115. The normalized spacial score (nSPS) is 11.5. The molecule has 0 bridgehead atoms. The molecule has 2 aromatic heterocycles. The van der Waals surface area contributed by atoms with Crippen molar-refractivity contribution in [2.75, 3.05) is 17.7 Å². The molecule has 2 heterocycles. The van der Waals surface area contributed by atoms with Crippen LogP contribution in [-0.2, 0) is 4.79 Å². The minimum absolute atomic E-state index is 0.197. The fourth-order valence-corrected chi connectivity index (χ4v) is 5.51. The number of carbonyl (C=O) groups is 2. The lowest BCUT2D eigenvalue weighted by Gasteiger charge is -2.17. The van der Waals surface area contributed by atoms with Crippen molar-refractivity contribution >= 4 is 45.7 Å². The topological polar surface area (TPSA) is 93.5 Å². The summed E-state index contributed by atoms with van der Waals surface area (Å²) in [5.74, 6) is 0.424. The minimum atomic E-state index is -0.545. The van der Waals surface area contributed by atoms with E-state index in [1.54, 1.807) is 25.3 Å². The van der Waals surface area contributed by atoms with Gasteiger partial charge in [0, 0.05) is 21.5 Å². The maximum Gasteiger partial charge on any atom is 0.291 e. The SMILES string of the molecule is COc1cccc(-c2csc(NC(=O)C(Sc3cccc(NC(=O)c4ccco4)c3)c3ccccc3)n2)c1. The van der Waals surface area contributed by atoms with E-state index < -0.39 is 5.25 Å². The van der Waals surface area contributed by atoms with Crippen molar-refractivity contribution < 1.29 is 18.7 Å². The smallest absolute Gasteiger partial charge is 0.291 e. The molecular weight excluding hydrogens is 518 g/mol. The summed E-state index contributed by atoms with van der Waals surface area (Å²) in [4.78, 5) is 31.3. The first-order valence-corrected chi connectivity index (χ1v) is 13.4. The fraction of sp³-hybridized carbons (Fsp3) is 0.0690. The number of carbonyl (C=O) groups excluding carboxylic acids is 2. The second kappa shape index (κ2) is 11.8. The van der Waals surface area contributed by atoms with Crippen molar-refractivity contribution in [2.45, 2.75) is 10.1 Å². The van der Waals surface area contributed by atoms with E-state index >= 15 is 0 Å². The molecule has 1 atom stereocenters. The van der Waals surface area contributed by atoms with E-state index in [4.69, 9.17) is 9.15 Å². The second-order valence-electron chi connectivity index (χ2n) is 8.13. The van der Waals surface area contributed by atoms with Gasteiger partial charge in [-0.2, -0.15) is 0 Å². The first kappa shape index (κ1) is 25.3. The second-order valence-corrected chi connectivity index (χ2v) is 10.2. The van der Waals surface area contributed by atoms with E-state index in [1.165, 1.54) is 29.4 Å². The number of aromatic nitrogens is 1. The van der Waals surface area contributed by atoms with Crippen molar-refractivity contribution in [2.24, 2.45) is 0 Å². The lowest BCUT2D eigenvalue weighted by atomic mass is 10.1. The molecule has 0 aliphatic rings. The standard InChI is InChI=1S/C29H23N3O4S2/c1-35-22-12-5-10-20(16-22)24-18-37-29(31-24)32-28(34)26(19-8-3-2-4-9-19)38-23-13-6-11-21(17-23)30-27(33)25-14-7-15-36-25/h2-18,26H,1H3,(H,30,33)(H,31,32,34). The van der Waals surface area contributed by atoms with Gasteiger partial charge in [0.1, 0.15) is 11.0 Å². The van der Waals surface area contributed by atoms with E-state index in [0.29, 0.717) is 10.8 Å². The summed E-state index contributed by atoms with van der Waals surface area (Å²) in [6.45, 7) is 0. The van der Waals surface area contributed by atoms with Gasteiger partial charge in [-0.1, -0.05) is 48.5 Å². The molecule has 3 aromatic carbocycles. The van der Waals surface area contributed by atoms with Crippen molar-refractivity contribution in [1.82, 2.24) is 4.98 Å². The van der Waals surface area contributed by atoms with Crippen LogP contribution in [0.1, 0.15) is 21.4 Å². The van der Waals surface area contributed by atoms with Gasteiger partial charge in [0.05, 0.1) is 19.1 Å². The number of nitrogens with zero attached hydrogens (tertiary/aromatic N) is 1. The quantitative estimate of drug-likeness (QED) is 0.193. The number of thioether (sulfide) groups is 1. The Balaban J connectivity index is 1.34. The summed E-state index contributed by atoms with van der Waals surface area (Å²) in [7, 11) is 1.62. The van der Waals surface area contributed by atoms with Gasteiger partial charge in [-0.3, -0.25) is 9.59 Å². The Hall–Kier alpha value is -4.34. The Kier molecular flexibility index (Phi) is 7.86. The number of benzene rings is 3. The summed E-state index contributed by atoms with van der Waals surface area (Å²) in [5.41, 5.74) is 3.12. The van der Waals surface area contributed by atoms with Crippen LogP contribution in [0.2, 0.25) is 0 Å². The maximum absolute atomic E-state index is 13.5. The number of methoxy groups -OCH3 is 1. The number of nitrogens with one attached hydrogen (secondary N) is 2. The van der Waals surface area contributed by atoms with Crippen LogP contribution in [0.5, 0.6) is 5.75 Å². The van der Waals surface area contributed by atoms with E-state index in [0.717, 1.165) is 27.5 Å². The molecule has 7 nitrogen and oxygen atoms in total. The molecular formula is C29H23N3O4S2. The highest BCUT2D eigenvalue weighted by Gasteiger charge is 2.23. The number of amides is 2. The predicted molar refractivity (Wildman–Crippen MR) is 151 cm³/mol. The van der Waals surface area contributed by atoms with Gasteiger partial charge in [0.15, 0.2) is 10.9 Å². The minimum Gasteiger partial charge on any atom is -0.497 e. The third-order valence-electron chi connectivity index (χ3n) is 5.53. The van der Waals surface area contributed by atoms with Crippen molar-refractivity contribution in [3.63, 3.8) is 0 Å². The summed E-state index contributed by atoms with van der Waals surface area (Å²) in [6, 6.07) is 27.8. The first-order valence-electron chi connectivity index (χ1n) is 11.7. The summed E-state index contributed by atoms with van der Waals surface area (Å²) >= 11 is 2.75. The lowest BCUT2D eigenvalue weighted by Crippen LogP contribution is -2.19. The third kappa shape index (κ3) is 6.13. The molecule has 0 spiro atoms. The molecule has 38 heavy (non-hydrogen) atoms. The van der Waals surface area contributed by atoms with Crippen molar-refractivity contribution in [1.29, 1.82) is 0 Å². The maximum atomic E-state index is 13.5. The highest BCUT2D eigenvalue weighted by molar-refractivity contribution is 8.00. The van der Waals surface area contributed by atoms with E-state index in [9.17, 15) is 9.59 Å². The fourth-order valence-electron chi connectivity index (χ4n) is 3.70. The van der Waals surface area contributed by atoms with Crippen LogP contribution in [0.15, 0.2) is 112 Å². The molecule has 2 amide bonds. The third-order valence-corrected chi connectivity index (χ3v) is 7.54.